The fourth-order valence-corrected chi connectivity index (χ4v) is 8.88. The molecule has 0 aromatic carbocycles. The Morgan fingerprint density at radius 1 is 0.897 bits per heavy atom. The molecule has 4 aliphatic carbocycles. The smallest absolute Gasteiger partial charge is 0.219 e. The van der Waals surface area contributed by atoms with E-state index in [-0.39, 0.29) is 5.91 Å². The molecular formula is C27H47NO. The maximum absolute atomic E-state index is 12.1. The van der Waals surface area contributed by atoms with Crippen LogP contribution in [-0.2, 0) is 4.79 Å². The number of nitrogens with one attached hydrogen (secondary N) is 1. The highest BCUT2D eigenvalue weighted by Crippen LogP contribution is 2.67. The Kier molecular flexibility index (Phi) is 6.67. The third kappa shape index (κ3) is 4.03. The number of hydrogen-bond acceptors (Lipinski definition) is 1. The summed E-state index contributed by atoms with van der Waals surface area (Å²) in [5.74, 6) is 5.19. The molecule has 7 atom stereocenters. The molecule has 4 saturated carbocycles. The fraction of sp³-hybridized carbons (Fsp3) is 0.963. The number of fused-ring (bicyclic) bond motifs is 5. The van der Waals surface area contributed by atoms with Gasteiger partial charge >= 0.3 is 0 Å². The van der Waals surface area contributed by atoms with Gasteiger partial charge in [0.1, 0.15) is 0 Å². The lowest BCUT2D eigenvalue weighted by Crippen LogP contribution is -2.52. The Balaban J connectivity index is 1.34. The van der Waals surface area contributed by atoms with Crippen molar-refractivity contribution in [3.05, 3.63) is 0 Å². The predicted octanol–water partition coefficient (Wildman–Crippen LogP) is 7.12. The first-order valence-corrected chi connectivity index (χ1v) is 13.3. The summed E-state index contributed by atoms with van der Waals surface area (Å²) >= 11 is 0. The van der Waals surface area contributed by atoms with Gasteiger partial charge in [-0.25, -0.2) is 0 Å². The van der Waals surface area contributed by atoms with Gasteiger partial charge in [-0.15, -0.1) is 0 Å². The van der Waals surface area contributed by atoms with Crippen LogP contribution in [0.5, 0.6) is 0 Å². The van der Waals surface area contributed by atoms with E-state index >= 15 is 0 Å². The van der Waals surface area contributed by atoms with Gasteiger partial charge in [-0.2, -0.15) is 0 Å². The normalized spacial score (nSPS) is 43.9. The molecule has 0 aromatic heterocycles. The van der Waals surface area contributed by atoms with E-state index < -0.39 is 0 Å². The summed E-state index contributed by atoms with van der Waals surface area (Å²) in [5.41, 5.74) is 1.23. The minimum atomic E-state index is 0.283. The van der Waals surface area contributed by atoms with Crippen molar-refractivity contribution < 1.29 is 4.79 Å². The summed E-state index contributed by atoms with van der Waals surface area (Å²) in [6.45, 7) is 8.39. The largest absolute Gasteiger partial charge is 0.356 e. The summed E-state index contributed by atoms with van der Waals surface area (Å²) in [4.78, 5) is 12.1. The molecular weight excluding hydrogens is 354 g/mol. The molecule has 29 heavy (non-hydrogen) atoms. The van der Waals surface area contributed by atoms with Crippen LogP contribution in [0.25, 0.3) is 0 Å². The van der Waals surface area contributed by atoms with Crippen molar-refractivity contribution in [2.75, 3.05) is 6.54 Å². The Bertz CT molecular complexity index is 573. The first kappa shape index (κ1) is 21.7. The van der Waals surface area contributed by atoms with Gasteiger partial charge in [0.15, 0.2) is 0 Å². The van der Waals surface area contributed by atoms with Crippen LogP contribution >= 0.6 is 0 Å². The Labute approximate surface area is 180 Å². The first-order valence-electron chi connectivity index (χ1n) is 13.3. The highest BCUT2D eigenvalue weighted by molar-refractivity contribution is 5.75. The molecule has 4 rings (SSSR count). The van der Waals surface area contributed by atoms with E-state index in [9.17, 15) is 4.79 Å². The number of hydrogen-bond donors (Lipinski definition) is 1. The maximum atomic E-state index is 12.1. The number of carbonyl (C=O) groups excluding carboxylic acids is 1. The minimum Gasteiger partial charge on any atom is -0.356 e. The third-order valence-corrected chi connectivity index (χ3v) is 10.6. The van der Waals surface area contributed by atoms with Gasteiger partial charge in [-0.3, -0.25) is 4.79 Å². The van der Waals surface area contributed by atoms with Crippen LogP contribution in [0.3, 0.4) is 0 Å². The average Bonchev–Trinajstić information content (AvgIpc) is 3.04. The van der Waals surface area contributed by atoms with E-state index in [0.29, 0.717) is 10.8 Å². The van der Waals surface area contributed by atoms with Crippen molar-refractivity contribution in [3.63, 3.8) is 0 Å². The zero-order valence-corrected chi connectivity index (χ0v) is 19.6. The molecule has 1 N–H and O–H groups in total. The van der Waals surface area contributed by atoms with Gasteiger partial charge in [0.05, 0.1) is 0 Å². The third-order valence-electron chi connectivity index (χ3n) is 10.6. The van der Waals surface area contributed by atoms with Crippen LogP contribution in [0.15, 0.2) is 0 Å². The van der Waals surface area contributed by atoms with Crippen LogP contribution in [0.4, 0.5) is 0 Å². The molecule has 0 aliphatic heterocycles. The molecule has 0 radical (unpaired) electrons. The lowest BCUT2D eigenvalue weighted by molar-refractivity contribution is -0.121. The molecule has 4 aliphatic rings. The van der Waals surface area contributed by atoms with Crippen LogP contribution in [-0.4, -0.2) is 12.5 Å². The van der Waals surface area contributed by atoms with E-state index in [0.717, 1.165) is 61.8 Å². The second-order valence-electron chi connectivity index (χ2n) is 11.8. The monoisotopic (exact) mass is 401 g/mol. The van der Waals surface area contributed by atoms with Crippen molar-refractivity contribution in [1.82, 2.24) is 5.32 Å². The fourth-order valence-electron chi connectivity index (χ4n) is 8.88. The summed E-state index contributed by atoms with van der Waals surface area (Å²) < 4.78 is 0. The summed E-state index contributed by atoms with van der Waals surface area (Å²) in [6, 6.07) is 0. The molecule has 2 nitrogen and oxygen atoms in total. The molecule has 1 amide bonds. The first-order chi connectivity index (χ1) is 14.0. The lowest BCUT2D eigenvalue weighted by Gasteiger charge is -2.60. The van der Waals surface area contributed by atoms with Gasteiger partial charge in [0, 0.05) is 13.0 Å². The molecule has 0 bridgehead atoms. The highest BCUT2D eigenvalue weighted by Gasteiger charge is 2.59. The Morgan fingerprint density at radius 2 is 1.72 bits per heavy atom. The zero-order valence-electron chi connectivity index (χ0n) is 19.6. The number of unbranched alkanes of at least 4 members (excludes halogenated alkanes) is 1. The number of rotatable bonds is 7. The van der Waals surface area contributed by atoms with Crippen LogP contribution in [0.2, 0.25) is 0 Å². The standard InChI is InChI=1S/C27H47NO/c1-4-5-19-28-25(29)11-8-10-21-13-15-23-22-14-12-20-9-6-7-17-26(20,2)24(22)16-18-27(21,23)3/h20-24H,4-19H2,1-3H3,(H,28,29). The molecule has 4 fully saturated rings. The second kappa shape index (κ2) is 8.91. The van der Waals surface area contributed by atoms with E-state index in [4.69, 9.17) is 0 Å². The lowest BCUT2D eigenvalue weighted by atomic mass is 9.45. The minimum absolute atomic E-state index is 0.283. The van der Waals surface area contributed by atoms with Gasteiger partial charge < -0.3 is 5.32 Å². The van der Waals surface area contributed by atoms with Crippen LogP contribution < -0.4 is 5.32 Å². The summed E-state index contributed by atoms with van der Waals surface area (Å²) in [6.07, 6.45) is 20.3. The van der Waals surface area contributed by atoms with Gasteiger partial charge in [0.25, 0.3) is 0 Å². The molecule has 0 heterocycles. The Morgan fingerprint density at radius 3 is 2.55 bits per heavy atom. The second-order valence-corrected chi connectivity index (χ2v) is 11.8. The molecule has 0 saturated heterocycles. The van der Waals surface area contributed by atoms with Gasteiger partial charge in [-0.05, 0) is 111 Å². The number of carbonyl (C=O) groups is 1. The van der Waals surface area contributed by atoms with E-state index in [1.165, 1.54) is 70.6 Å². The van der Waals surface area contributed by atoms with Crippen molar-refractivity contribution >= 4 is 5.91 Å². The topological polar surface area (TPSA) is 29.1 Å². The van der Waals surface area contributed by atoms with Crippen LogP contribution in [0, 0.1) is 40.4 Å². The van der Waals surface area contributed by atoms with E-state index in [1.54, 1.807) is 0 Å². The average molecular weight is 402 g/mol. The number of amides is 1. The summed E-state index contributed by atoms with van der Waals surface area (Å²) in [5, 5.41) is 3.10. The van der Waals surface area contributed by atoms with Crippen molar-refractivity contribution in [2.24, 2.45) is 40.4 Å². The molecule has 2 heteroatoms. The molecule has 7 unspecified atom stereocenters. The molecule has 166 valence electrons. The SMILES string of the molecule is CCCCNC(=O)CCCC1CCC2C3CCC4CCCCC4(C)C3CCC12C. The predicted molar refractivity (Wildman–Crippen MR) is 122 cm³/mol. The maximum Gasteiger partial charge on any atom is 0.219 e. The van der Waals surface area contributed by atoms with Crippen LogP contribution in [0.1, 0.15) is 117 Å². The van der Waals surface area contributed by atoms with Crippen molar-refractivity contribution in [2.45, 2.75) is 117 Å². The van der Waals surface area contributed by atoms with Gasteiger partial charge in [0.2, 0.25) is 5.91 Å². The van der Waals surface area contributed by atoms with Crippen molar-refractivity contribution in [1.29, 1.82) is 0 Å². The molecule has 0 spiro atoms. The van der Waals surface area contributed by atoms with Crippen molar-refractivity contribution in [3.8, 4) is 0 Å². The van der Waals surface area contributed by atoms with Gasteiger partial charge in [-0.1, -0.05) is 40.0 Å². The molecule has 0 aromatic rings. The zero-order chi connectivity index (χ0) is 20.5. The van der Waals surface area contributed by atoms with E-state index in [1.807, 2.05) is 0 Å². The van der Waals surface area contributed by atoms with E-state index in [2.05, 4.69) is 26.1 Å². The quantitative estimate of drug-likeness (QED) is 0.452. The highest BCUT2D eigenvalue weighted by atomic mass is 16.1. The Hall–Kier alpha value is -0.530. The summed E-state index contributed by atoms with van der Waals surface area (Å²) in [7, 11) is 0.